The van der Waals surface area contributed by atoms with Crippen molar-refractivity contribution in [3.8, 4) is 11.5 Å². The molecule has 2 rings (SSSR count). The van der Waals surface area contributed by atoms with Gasteiger partial charge in [0.15, 0.2) is 18.1 Å². The van der Waals surface area contributed by atoms with Crippen LogP contribution in [0.3, 0.4) is 0 Å². The molecule has 0 bridgehead atoms. The number of aliphatic hydroxyl groups is 1. The van der Waals surface area contributed by atoms with E-state index in [1.54, 1.807) is 30.0 Å². The highest BCUT2D eigenvalue weighted by molar-refractivity contribution is 5.77. The topological polar surface area (TPSA) is 70.0 Å². The van der Waals surface area contributed by atoms with E-state index in [4.69, 9.17) is 4.74 Å². The van der Waals surface area contributed by atoms with Crippen molar-refractivity contribution in [1.29, 1.82) is 0 Å². The molecule has 0 saturated carbocycles. The largest absolute Gasteiger partial charge is 0.504 e. The van der Waals surface area contributed by atoms with Gasteiger partial charge in [0, 0.05) is 13.1 Å². The Balaban J connectivity index is 1.87. The molecule has 0 aromatic heterocycles. The molecule has 1 atom stereocenters. The van der Waals surface area contributed by atoms with Crippen LogP contribution in [0.1, 0.15) is 26.2 Å². The zero-order valence-corrected chi connectivity index (χ0v) is 11.7. The van der Waals surface area contributed by atoms with Crippen LogP contribution in [-0.4, -0.2) is 46.3 Å². The molecule has 1 saturated heterocycles. The summed E-state index contributed by atoms with van der Waals surface area (Å²) in [5, 5.41) is 19.6. The number of phenolic OH excluding ortho intramolecular Hbond substituents is 1. The number of carbonyl (C=O) groups excluding carboxylic acids is 1. The molecule has 0 spiro atoms. The average molecular weight is 279 g/mol. The first-order valence-corrected chi connectivity index (χ1v) is 6.89. The number of likely N-dealkylation sites (tertiary alicyclic amines) is 1. The molecule has 1 aromatic rings. The van der Waals surface area contributed by atoms with Crippen LogP contribution in [0.4, 0.5) is 0 Å². The molecule has 20 heavy (non-hydrogen) atoms. The van der Waals surface area contributed by atoms with Crippen molar-refractivity contribution in [2.75, 3.05) is 19.7 Å². The second kappa shape index (κ2) is 6.13. The van der Waals surface area contributed by atoms with Gasteiger partial charge in [-0.3, -0.25) is 4.79 Å². The minimum atomic E-state index is -0.687. The molecule has 1 aliphatic heterocycles. The van der Waals surface area contributed by atoms with Crippen LogP contribution in [0.5, 0.6) is 11.5 Å². The Morgan fingerprint density at radius 1 is 1.35 bits per heavy atom. The normalized spacial score (nSPS) is 23.2. The Labute approximate surface area is 118 Å². The summed E-state index contributed by atoms with van der Waals surface area (Å²) in [6.45, 7) is 2.88. The predicted molar refractivity (Wildman–Crippen MR) is 74.7 cm³/mol. The molecule has 1 heterocycles. The highest BCUT2D eigenvalue weighted by Crippen LogP contribution is 2.25. The Morgan fingerprint density at radius 2 is 2.10 bits per heavy atom. The SMILES string of the molecule is CC1(O)CCCN(C(=O)COc2ccccc2O)CC1. The Kier molecular flexibility index (Phi) is 4.49. The summed E-state index contributed by atoms with van der Waals surface area (Å²) in [5.74, 6) is 0.215. The molecule has 0 radical (unpaired) electrons. The molecule has 5 heteroatoms. The van der Waals surface area contributed by atoms with Crippen molar-refractivity contribution >= 4 is 5.91 Å². The number of amides is 1. The summed E-state index contributed by atoms with van der Waals surface area (Å²) < 4.78 is 5.34. The number of hydrogen-bond acceptors (Lipinski definition) is 4. The molecule has 1 amide bonds. The van der Waals surface area contributed by atoms with Crippen molar-refractivity contribution in [2.24, 2.45) is 0 Å². The van der Waals surface area contributed by atoms with Gasteiger partial charge in [-0.2, -0.15) is 0 Å². The van der Waals surface area contributed by atoms with Crippen molar-refractivity contribution in [2.45, 2.75) is 31.8 Å². The standard InChI is InChI=1S/C15H21NO4/c1-15(19)7-4-9-16(10-8-15)14(18)11-20-13-6-3-2-5-12(13)17/h2-3,5-6,17,19H,4,7-11H2,1H3. The molecular formula is C15H21NO4. The van der Waals surface area contributed by atoms with Gasteiger partial charge in [0.25, 0.3) is 5.91 Å². The second-order valence-electron chi connectivity index (χ2n) is 5.49. The van der Waals surface area contributed by atoms with E-state index in [1.807, 2.05) is 0 Å². The number of carbonyl (C=O) groups is 1. The van der Waals surface area contributed by atoms with Gasteiger partial charge in [-0.25, -0.2) is 0 Å². The minimum Gasteiger partial charge on any atom is -0.504 e. The molecule has 1 fully saturated rings. The number of benzene rings is 1. The summed E-state index contributed by atoms with van der Waals surface area (Å²) >= 11 is 0. The van der Waals surface area contributed by atoms with E-state index in [2.05, 4.69) is 0 Å². The monoisotopic (exact) mass is 279 g/mol. The van der Waals surface area contributed by atoms with E-state index < -0.39 is 5.60 Å². The third kappa shape index (κ3) is 3.87. The van der Waals surface area contributed by atoms with Gasteiger partial charge in [0.1, 0.15) is 0 Å². The zero-order valence-electron chi connectivity index (χ0n) is 11.7. The van der Waals surface area contributed by atoms with Crippen LogP contribution in [0.15, 0.2) is 24.3 Å². The predicted octanol–water partition coefficient (Wildman–Crippen LogP) is 1.53. The van der Waals surface area contributed by atoms with E-state index in [-0.39, 0.29) is 18.3 Å². The van der Waals surface area contributed by atoms with Crippen molar-refractivity contribution in [3.05, 3.63) is 24.3 Å². The number of aromatic hydroxyl groups is 1. The van der Waals surface area contributed by atoms with Crippen LogP contribution in [-0.2, 0) is 4.79 Å². The van der Waals surface area contributed by atoms with Gasteiger partial charge in [-0.05, 0) is 38.3 Å². The number of hydrogen-bond donors (Lipinski definition) is 2. The van der Waals surface area contributed by atoms with Crippen LogP contribution in [0, 0.1) is 0 Å². The Hall–Kier alpha value is -1.75. The van der Waals surface area contributed by atoms with E-state index in [0.29, 0.717) is 31.7 Å². The first-order chi connectivity index (χ1) is 9.48. The third-order valence-electron chi connectivity index (χ3n) is 3.63. The number of rotatable bonds is 3. The lowest BCUT2D eigenvalue weighted by atomic mass is 9.98. The van der Waals surface area contributed by atoms with Crippen LogP contribution in [0.2, 0.25) is 0 Å². The summed E-state index contributed by atoms with van der Waals surface area (Å²) in [5.41, 5.74) is -0.687. The van der Waals surface area contributed by atoms with E-state index in [9.17, 15) is 15.0 Å². The maximum absolute atomic E-state index is 12.1. The summed E-state index contributed by atoms with van der Waals surface area (Å²) in [7, 11) is 0. The Bertz CT molecular complexity index is 473. The maximum Gasteiger partial charge on any atom is 0.260 e. The van der Waals surface area contributed by atoms with Crippen LogP contribution < -0.4 is 4.74 Å². The van der Waals surface area contributed by atoms with Gasteiger partial charge in [0.05, 0.1) is 5.60 Å². The number of ether oxygens (including phenoxy) is 1. The first-order valence-electron chi connectivity index (χ1n) is 6.89. The lowest BCUT2D eigenvalue weighted by Gasteiger charge is -2.22. The fourth-order valence-corrected chi connectivity index (χ4v) is 2.32. The zero-order chi connectivity index (χ0) is 14.6. The highest BCUT2D eigenvalue weighted by Gasteiger charge is 2.27. The smallest absolute Gasteiger partial charge is 0.260 e. The maximum atomic E-state index is 12.1. The van der Waals surface area contributed by atoms with Crippen molar-refractivity contribution in [1.82, 2.24) is 4.90 Å². The molecule has 5 nitrogen and oxygen atoms in total. The number of para-hydroxylation sites is 2. The van der Waals surface area contributed by atoms with Gasteiger partial charge in [0.2, 0.25) is 0 Å². The second-order valence-corrected chi connectivity index (χ2v) is 5.49. The summed E-state index contributed by atoms with van der Waals surface area (Å²) in [4.78, 5) is 13.8. The third-order valence-corrected chi connectivity index (χ3v) is 3.63. The fraction of sp³-hybridized carbons (Fsp3) is 0.533. The van der Waals surface area contributed by atoms with Crippen molar-refractivity contribution < 1.29 is 19.7 Å². The van der Waals surface area contributed by atoms with E-state index in [0.717, 1.165) is 6.42 Å². The quantitative estimate of drug-likeness (QED) is 0.880. The molecule has 1 unspecified atom stereocenters. The first kappa shape index (κ1) is 14.7. The molecule has 2 N–H and O–H groups in total. The molecule has 1 aliphatic rings. The molecule has 1 aromatic carbocycles. The van der Waals surface area contributed by atoms with Gasteiger partial charge >= 0.3 is 0 Å². The fourth-order valence-electron chi connectivity index (χ4n) is 2.32. The lowest BCUT2D eigenvalue weighted by Crippen LogP contribution is -2.36. The summed E-state index contributed by atoms with van der Waals surface area (Å²) in [6, 6.07) is 6.57. The number of phenols is 1. The molecular weight excluding hydrogens is 258 g/mol. The lowest BCUT2D eigenvalue weighted by molar-refractivity contribution is -0.133. The van der Waals surface area contributed by atoms with Gasteiger partial charge < -0.3 is 19.8 Å². The minimum absolute atomic E-state index is 0.0269. The van der Waals surface area contributed by atoms with E-state index in [1.165, 1.54) is 6.07 Å². The van der Waals surface area contributed by atoms with Crippen LogP contribution in [0.25, 0.3) is 0 Å². The summed E-state index contributed by atoms with van der Waals surface area (Å²) in [6.07, 6.45) is 2.07. The highest BCUT2D eigenvalue weighted by atomic mass is 16.5. The average Bonchev–Trinajstić information content (AvgIpc) is 2.58. The Morgan fingerprint density at radius 3 is 2.85 bits per heavy atom. The van der Waals surface area contributed by atoms with Gasteiger partial charge in [-0.1, -0.05) is 12.1 Å². The van der Waals surface area contributed by atoms with E-state index >= 15 is 0 Å². The molecule has 110 valence electrons. The van der Waals surface area contributed by atoms with Crippen molar-refractivity contribution in [3.63, 3.8) is 0 Å². The van der Waals surface area contributed by atoms with Crippen LogP contribution >= 0.6 is 0 Å². The molecule has 0 aliphatic carbocycles. The number of nitrogens with zero attached hydrogens (tertiary/aromatic N) is 1. The van der Waals surface area contributed by atoms with Gasteiger partial charge in [-0.15, -0.1) is 0 Å².